The van der Waals surface area contributed by atoms with Crippen LogP contribution in [-0.2, 0) is 11.2 Å². The Morgan fingerprint density at radius 3 is 2.93 bits per heavy atom. The molecule has 0 saturated carbocycles. The number of thiophene rings is 1. The quantitative estimate of drug-likeness (QED) is 0.784. The third kappa shape index (κ3) is 3.24. The molecule has 0 radical (unpaired) electrons. The zero-order valence-electron chi connectivity index (χ0n) is 8.53. The van der Waals surface area contributed by atoms with Crippen molar-refractivity contribution in [3.8, 4) is 0 Å². The van der Waals surface area contributed by atoms with Crippen molar-refractivity contribution in [3.63, 3.8) is 0 Å². The monoisotopic (exact) mass is 211 g/mol. The molecule has 1 aromatic heterocycles. The first kappa shape index (κ1) is 11.4. The van der Waals surface area contributed by atoms with Crippen molar-refractivity contribution in [1.29, 1.82) is 0 Å². The second-order valence-corrected chi connectivity index (χ2v) is 4.28. The van der Waals surface area contributed by atoms with Crippen LogP contribution in [0.3, 0.4) is 0 Å². The Morgan fingerprint density at radius 1 is 1.64 bits per heavy atom. The van der Waals surface area contributed by atoms with E-state index in [4.69, 9.17) is 5.73 Å². The Labute approximate surface area is 89.1 Å². The average molecular weight is 211 g/mol. The summed E-state index contributed by atoms with van der Waals surface area (Å²) in [5, 5.41) is 4.03. The van der Waals surface area contributed by atoms with Crippen molar-refractivity contribution >= 4 is 17.1 Å². The molecule has 2 N–H and O–H groups in total. The van der Waals surface area contributed by atoms with E-state index in [1.807, 2.05) is 16.8 Å². The Kier molecular flexibility index (Phi) is 4.84. The van der Waals surface area contributed by atoms with E-state index < -0.39 is 0 Å². The van der Waals surface area contributed by atoms with Gasteiger partial charge in [-0.3, -0.25) is 4.79 Å². The van der Waals surface area contributed by atoms with Gasteiger partial charge in [-0.2, -0.15) is 11.3 Å². The number of carbonyl (C=O) groups excluding carboxylic acids is 1. The molecule has 0 aliphatic rings. The van der Waals surface area contributed by atoms with Crippen LogP contribution in [0.25, 0.3) is 0 Å². The van der Waals surface area contributed by atoms with Gasteiger partial charge in [-0.25, -0.2) is 0 Å². The van der Waals surface area contributed by atoms with Crippen molar-refractivity contribution in [3.05, 3.63) is 22.4 Å². The fourth-order valence-electron chi connectivity index (χ4n) is 1.50. The van der Waals surface area contributed by atoms with Crippen LogP contribution in [0.4, 0.5) is 0 Å². The maximum atomic E-state index is 11.8. The van der Waals surface area contributed by atoms with Crippen LogP contribution in [0.2, 0.25) is 0 Å². The minimum Gasteiger partial charge on any atom is -0.330 e. The molecular weight excluding hydrogens is 194 g/mol. The highest BCUT2D eigenvalue weighted by atomic mass is 32.1. The molecule has 0 bridgehead atoms. The van der Waals surface area contributed by atoms with E-state index in [1.54, 1.807) is 11.3 Å². The van der Waals surface area contributed by atoms with Gasteiger partial charge in [0.2, 0.25) is 0 Å². The summed E-state index contributed by atoms with van der Waals surface area (Å²) in [5.74, 6) is 0.340. The van der Waals surface area contributed by atoms with Crippen LogP contribution in [-0.4, -0.2) is 12.3 Å². The van der Waals surface area contributed by atoms with E-state index in [1.165, 1.54) is 0 Å². The smallest absolute Gasteiger partial charge is 0.141 e. The van der Waals surface area contributed by atoms with Crippen LogP contribution in [0, 0.1) is 5.92 Å². The SMILES string of the molecule is CCCC(CN)C(=O)Cc1ccsc1. The number of Topliss-reactive ketones (excluding diaryl/α,β-unsaturated/α-hetero) is 1. The molecule has 0 fully saturated rings. The summed E-state index contributed by atoms with van der Waals surface area (Å²) in [4.78, 5) is 11.8. The van der Waals surface area contributed by atoms with E-state index in [9.17, 15) is 4.79 Å². The van der Waals surface area contributed by atoms with E-state index in [-0.39, 0.29) is 11.7 Å². The normalized spacial score (nSPS) is 12.7. The summed E-state index contributed by atoms with van der Waals surface area (Å²) < 4.78 is 0. The van der Waals surface area contributed by atoms with Crippen molar-refractivity contribution < 1.29 is 4.79 Å². The topological polar surface area (TPSA) is 43.1 Å². The number of hydrogen-bond acceptors (Lipinski definition) is 3. The molecule has 1 heterocycles. The second kappa shape index (κ2) is 5.94. The summed E-state index contributed by atoms with van der Waals surface area (Å²) in [5.41, 5.74) is 6.69. The molecule has 2 nitrogen and oxygen atoms in total. The number of ketones is 1. The maximum absolute atomic E-state index is 11.8. The molecule has 14 heavy (non-hydrogen) atoms. The van der Waals surface area contributed by atoms with Crippen LogP contribution >= 0.6 is 11.3 Å². The van der Waals surface area contributed by atoms with Crippen LogP contribution in [0.1, 0.15) is 25.3 Å². The van der Waals surface area contributed by atoms with Crippen molar-refractivity contribution in [2.45, 2.75) is 26.2 Å². The lowest BCUT2D eigenvalue weighted by Crippen LogP contribution is -2.24. The summed E-state index contributed by atoms with van der Waals surface area (Å²) in [6.45, 7) is 2.57. The first-order valence-electron chi connectivity index (χ1n) is 5.01. The lowest BCUT2D eigenvalue weighted by atomic mass is 9.95. The van der Waals surface area contributed by atoms with Crippen molar-refractivity contribution in [2.24, 2.45) is 11.7 Å². The Balaban J connectivity index is 2.47. The molecule has 1 aromatic rings. The minimum atomic E-state index is 0.0555. The molecule has 0 saturated heterocycles. The van der Waals surface area contributed by atoms with Gasteiger partial charge >= 0.3 is 0 Å². The van der Waals surface area contributed by atoms with E-state index in [2.05, 4.69) is 6.92 Å². The summed E-state index contributed by atoms with van der Waals surface area (Å²) in [7, 11) is 0. The Bertz CT molecular complexity index is 269. The molecule has 78 valence electrons. The van der Waals surface area contributed by atoms with Gasteiger partial charge in [0.25, 0.3) is 0 Å². The number of rotatable bonds is 6. The summed E-state index contributed by atoms with van der Waals surface area (Å²) >= 11 is 1.63. The van der Waals surface area contributed by atoms with Crippen LogP contribution in [0.5, 0.6) is 0 Å². The number of hydrogen-bond donors (Lipinski definition) is 1. The fraction of sp³-hybridized carbons (Fsp3) is 0.545. The minimum absolute atomic E-state index is 0.0555. The Hall–Kier alpha value is -0.670. The van der Waals surface area contributed by atoms with Crippen LogP contribution < -0.4 is 5.73 Å². The average Bonchev–Trinajstić information content (AvgIpc) is 2.66. The van der Waals surface area contributed by atoms with Gasteiger partial charge in [0.15, 0.2) is 0 Å². The third-order valence-electron chi connectivity index (χ3n) is 2.34. The van der Waals surface area contributed by atoms with Gasteiger partial charge in [0.1, 0.15) is 5.78 Å². The van der Waals surface area contributed by atoms with Crippen molar-refractivity contribution in [1.82, 2.24) is 0 Å². The molecule has 0 spiro atoms. The van der Waals surface area contributed by atoms with Gasteiger partial charge in [-0.15, -0.1) is 0 Å². The van der Waals surface area contributed by atoms with E-state index >= 15 is 0 Å². The van der Waals surface area contributed by atoms with Gasteiger partial charge in [-0.1, -0.05) is 13.3 Å². The third-order valence-corrected chi connectivity index (χ3v) is 3.07. The largest absolute Gasteiger partial charge is 0.330 e. The molecule has 0 amide bonds. The standard InChI is InChI=1S/C11H17NOS/c1-2-3-10(7-12)11(13)6-9-4-5-14-8-9/h4-5,8,10H,2-3,6-7,12H2,1H3. The predicted octanol–water partition coefficient (Wildman–Crippen LogP) is 2.23. The summed E-state index contributed by atoms with van der Waals surface area (Å²) in [6.07, 6.45) is 2.49. The summed E-state index contributed by atoms with van der Waals surface area (Å²) in [6, 6.07) is 2.00. The molecular formula is C11H17NOS. The zero-order valence-corrected chi connectivity index (χ0v) is 9.35. The highest BCUT2D eigenvalue weighted by Gasteiger charge is 2.15. The number of nitrogens with two attached hydrogens (primary N) is 1. The first-order valence-corrected chi connectivity index (χ1v) is 5.96. The van der Waals surface area contributed by atoms with Gasteiger partial charge in [-0.05, 0) is 28.8 Å². The van der Waals surface area contributed by atoms with E-state index in [0.29, 0.717) is 13.0 Å². The van der Waals surface area contributed by atoms with Gasteiger partial charge in [0.05, 0.1) is 0 Å². The molecule has 1 unspecified atom stereocenters. The highest BCUT2D eigenvalue weighted by molar-refractivity contribution is 7.07. The van der Waals surface area contributed by atoms with Gasteiger partial charge in [0, 0.05) is 18.9 Å². The van der Waals surface area contributed by atoms with Crippen molar-refractivity contribution in [2.75, 3.05) is 6.54 Å². The molecule has 3 heteroatoms. The molecule has 0 aliphatic heterocycles. The second-order valence-electron chi connectivity index (χ2n) is 3.50. The molecule has 1 atom stereocenters. The zero-order chi connectivity index (χ0) is 10.4. The lowest BCUT2D eigenvalue weighted by molar-refractivity contribution is -0.122. The first-order chi connectivity index (χ1) is 6.77. The lowest BCUT2D eigenvalue weighted by Gasteiger charge is -2.11. The van der Waals surface area contributed by atoms with E-state index in [0.717, 1.165) is 18.4 Å². The molecule has 1 rings (SSSR count). The molecule has 0 aromatic carbocycles. The fourth-order valence-corrected chi connectivity index (χ4v) is 2.17. The highest BCUT2D eigenvalue weighted by Crippen LogP contribution is 2.12. The molecule has 0 aliphatic carbocycles. The maximum Gasteiger partial charge on any atom is 0.141 e. The Morgan fingerprint density at radius 2 is 2.43 bits per heavy atom. The number of carbonyl (C=O) groups is 1. The predicted molar refractivity (Wildman–Crippen MR) is 60.5 cm³/mol. The van der Waals surface area contributed by atoms with Crippen LogP contribution in [0.15, 0.2) is 16.8 Å². The van der Waals surface area contributed by atoms with Gasteiger partial charge < -0.3 is 5.73 Å².